The van der Waals surface area contributed by atoms with E-state index in [9.17, 15) is 0 Å². The molecule has 0 radical (unpaired) electrons. The molecular weight excluding hydrogens is 212 g/mol. The zero-order valence-electron chi connectivity index (χ0n) is 10.9. The molecule has 0 fully saturated rings. The van der Waals surface area contributed by atoms with Crippen LogP contribution in [0, 0.1) is 0 Å². The fraction of sp³-hybridized carbons (Fsp3) is 0.500. The molecule has 0 amide bonds. The molecule has 1 N–H and O–H groups in total. The highest BCUT2D eigenvalue weighted by molar-refractivity contribution is 5.57. The molecule has 0 aliphatic carbocycles. The average molecular weight is 234 g/mol. The van der Waals surface area contributed by atoms with E-state index in [1.54, 1.807) is 0 Å². The molecule has 0 saturated heterocycles. The van der Waals surface area contributed by atoms with Crippen molar-refractivity contribution in [3.8, 4) is 5.75 Å². The number of hydrogen-bond acceptors (Lipinski definition) is 3. The molecule has 1 unspecified atom stereocenters. The second-order valence-corrected chi connectivity index (χ2v) is 3.78. The zero-order chi connectivity index (χ0) is 12.5. The Morgan fingerprint density at radius 3 is 2.76 bits per heavy atom. The van der Waals surface area contributed by atoms with Gasteiger partial charge in [-0.15, -0.1) is 0 Å². The third kappa shape index (κ3) is 4.47. The second-order valence-electron chi connectivity index (χ2n) is 3.78. The molecule has 1 atom stereocenters. The van der Waals surface area contributed by atoms with E-state index in [0.717, 1.165) is 24.4 Å². The molecule has 0 aliphatic heterocycles. The average Bonchev–Trinajstić information content (AvgIpc) is 2.36. The first-order chi connectivity index (χ1) is 8.31. The van der Waals surface area contributed by atoms with Crippen LogP contribution in [-0.2, 0) is 0 Å². The van der Waals surface area contributed by atoms with Gasteiger partial charge in [0.25, 0.3) is 0 Å². The number of hydrogen-bond donors (Lipinski definition) is 1. The number of anilines is 1. The van der Waals surface area contributed by atoms with Crippen LogP contribution in [0.25, 0.3) is 0 Å². The number of ether oxygens (including phenoxy) is 1. The predicted molar refractivity (Wildman–Crippen MR) is 74.3 cm³/mol. The number of rotatable bonds is 7. The number of nitrogens with zero attached hydrogens (tertiary/aromatic N) is 1. The van der Waals surface area contributed by atoms with Gasteiger partial charge < -0.3 is 10.1 Å². The molecule has 3 heteroatoms. The Morgan fingerprint density at radius 1 is 1.35 bits per heavy atom. The quantitative estimate of drug-likeness (QED) is 0.734. The first-order valence-corrected chi connectivity index (χ1v) is 6.25. The maximum atomic E-state index is 5.56. The van der Waals surface area contributed by atoms with E-state index in [2.05, 4.69) is 17.2 Å². The van der Waals surface area contributed by atoms with E-state index >= 15 is 0 Å². The Morgan fingerprint density at radius 2 is 2.12 bits per heavy atom. The third-order valence-corrected chi connectivity index (χ3v) is 2.55. The molecule has 0 aliphatic rings. The van der Waals surface area contributed by atoms with Gasteiger partial charge in [0.1, 0.15) is 5.75 Å². The van der Waals surface area contributed by atoms with Crippen LogP contribution in [0.2, 0.25) is 0 Å². The molecular formula is C14H22N2O. The highest BCUT2D eigenvalue weighted by atomic mass is 16.5. The lowest BCUT2D eigenvalue weighted by Gasteiger charge is -2.15. The SMILES string of the molecule is CC=NC(CC)CNc1ccccc1OCC. The summed E-state index contributed by atoms with van der Waals surface area (Å²) < 4.78 is 5.56. The molecule has 0 spiro atoms. The minimum Gasteiger partial charge on any atom is -0.492 e. The summed E-state index contributed by atoms with van der Waals surface area (Å²) in [5.74, 6) is 0.908. The van der Waals surface area contributed by atoms with Crippen LogP contribution in [-0.4, -0.2) is 25.4 Å². The van der Waals surface area contributed by atoms with Crippen LogP contribution in [0.3, 0.4) is 0 Å². The standard InChI is InChI=1S/C14H22N2O/c1-4-12(15-5-2)11-16-13-9-7-8-10-14(13)17-6-3/h5,7-10,12,16H,4,6,11H2,1-3H3. The van der Waals surface area contributed by atoms with Crippen molar-refractivity contribution >= 4 is 11.9 Å². The fourth-order valence-electron chi connectivity index (χ4n) is 1.64. The van der Waals surface area contributed by atoms with Gasteiger partial charge in [0.2, 0.25) is 0 Å². The summed E-state index contributed by atoms with van der Waals surface area (Å²) in [7, 11) is 0. The number of benzene rings is 1. The van der Waals surface area contributed by atoms with E-state index in [0.29, 0.717) is 12.6 Å². The van der Waals surface area contributed by atoms with E-state index < -0.39 is 0 Å². The van der Waals surface area contributed by atoms with Crippen LogP contribution in [0.15, 0.2) is 29.3 Å². The summed E-state index contributed by atoms with van der Waals surface area (Å²) in [6, 6.07) is 8.34. The highest BCUT2D eigenvalue weighted by Crippen LogP contribution is 2.23. The highest BCUT2D eigenvalue weighted by Gasteiger charge is 2.05. The molecule has 1 aromatic rings. The summed E-state index contributed by atoms with van der Waals surface area (Å²) >= 11 is 0. The Hall–Kier alpha value is -1.51. The first-order valence-electron chi connectivity index (χ1n) is 6.25. The summed E-state index contributed by atoms with van der Waals surface area (Å²) in [6.45, 7) is 7.62. The van der Waals surface area contributed by atoms with E-state index in [1.807, 2.05) is 44.3 Å². The maximum absolute atomic E-state index is 5.56. The summed E-state index contributed by atoms with van der Waals surface area (Å²) in [5, 5.41) is 3.40. The van der Waals surface area contributed by atoms with Crippen LogP contribution in [0.1, 0.15) is 27.2 Å². The van der Waals surface area contributed by atoms with Crippen molar-refractivity contribution in [2.75, 3.05) is 18.5 Å². The monoisotopic (exact) mass is 234 g/mol. The minimum atomic E-state index is 0.328. The van der Waals surface area contributed by atoms with Gasteiger partial charge in [0, 0.05) is 6.54 Å². The lowest BCUT2D eigenvalue weighted by Crippen LogP contribution is -2.17. The van der Waals surface area contributed by atoms with Crippen molar-refractivity contribution in [3.63, 3.8) is 0 Å². The van der Waals surface area contributed by atoms with Crippen molar-refractivity contribution in [2.45, 2.75) is 33.2 Å². The minimum absolute atomic E-state index is 0.328. The number of aliphatic imine (C=N–C) groups is 1. The largest absolute Gasteiger partial charge is 0.492 e. The normalized spacial score (nSPS) is 12.6. The molecule has 1 rings (SSSR count). The van der Waals surface area contributed by atoms with E-state index in [4.69, 9.17) is 4.74 Å². The van der Waals surface area contributed by atoms with Gasteiger partial charge in [0.05, 0.1) is 18.3 Å². The van der Waals surface area contributed by atoms with Gasteiger partial charge in [-0.3, -0.25) is 4.99 Å². The number of para-hydroxylation sites is 2. The molecule has 0 saturated carbocycles. The van der Waals surface area contributed by atoms with E-state index in [1.165, 1.54) is 0 Å². The summed E-state index contributed by atoms with van der Waals surface area (Å²) in [4.78, 5) is 4.41. The molecule has 0 bridgehead atoms. The topological polar surface area (TPSA) is 33.6 Å². The van der Waals surface area contributed by atoms with Gasteiger partial charge >= 0.3 is 0 Å². The maximum Gasteiger partial charge on any atom is 0.142 e. The molecule has 17 heavy (non-hydrogen) atoms. The molecule has 3 nitrogen and oxygen atoms in total. The van der Waals surface area contributed by atoms with Crippen LogP contribution < -0.4 is 10.1 Å². The molecule has 94 valence electrons. The van der Waals surface area contributed by atoms with Crippen LogP contribution in [0.4, 0.5) is 5.69 Å². The first kappa shape index (κ1) is 13.6. The van der Waals surface area contributed by atoms with Crippen molar-refractivity contribution < 1.29 is 4.74 Å². The van der Waals surface area contributed by atoms with Gasteiger partial charge in [-0.25, -0.2) is 0 Å². The third-order valence-electron chi connectivity index (χ3n) is 2.55. The lowest BCUT2D eigenvalue weighted by atomic mass is 10.2. The van der Waals surface area contributed by atoms with Gasteiger partial charge in [-0.1, -0.05) is 19.1 Å². The van der Waals surface area contributed by atoms with Gasteiger partial charge in [-0.05, 0) is 38.6 Å². The Bertz CT molecular complexity index is 350. The Kier molecular flexibility index (Phi) is 6.15. The fourth-order valence-corrected chi connectivity index (χ4v) is 1.64. The molecule has 1 aromatic carbocycles. The molecule has 0 heterocycles. The Labute approximate surface area is 104 Å². The Balaban J connectivity index is 2.61. The molecule has 0 aromatic heterocycles. The van der Waals surface area contributed by atoms with Crippen molar-refractivity contribution in [3.05, 3.63) is 24.3 Å². The lowest BCUT2D eigenvalue weighted by molar-refractivity contribution is 0.341. The van der Waals surface area contributed by atoms with Crippen molar-refractivity contribution in [2.24, 2.45) is 4.99 Å². The van der Waals surface area contributed by atoms with Gasteiger partial charge in [-0.2, -0.15) is 0 Å². The summed E-state index contributed by atoms with van der Waals surface area (Å²) in [5.41, 5.74) is 1.04. The van der Waals surface area contributed by atoms with Crippen molar-refractivity contribution in [1.29, 1.82) is 0 Å². The number of nitrogens with one attached hydrogen (secondary N) is 1. The van der Waals surface area contributed by atoms with Crippen LogP contribution >= 0.6 is 0 Å². The van der Waals surface area contributed by atoms with Gasteiger partial charge in [0.15, 0.2) is 0 Å². The smallest absolute Gasteiger partial charge is 0.142 e. The zero-order valence-corrected chi connectivity index (χ0v) is 10.9. The van der Waals surface area contributed by atoms with Crippen molar-refractivity contribution in [1.82, 2.24) is 0 Å². The summed E-state index contributed by atoms with van der Waals surface area (Å²) in [6.07, 6.45) is 2.90. The second kappa shape index (κ2) is 7.71. The predicted octanol–water partition coefficient (Wildman–Crippen LogP) is 3.37. The van der Waals surface area contributed by atoms with E-state index in [-0.39, 0.29) is 0 Å². The van der Waals surface area contributed by atoms with Crippen LogP contribution in [0.5, 0.6) is 5.75 Å².